The summed E-state index contributed by atoms with van der Waals surface area (Å²) in [4.78, 5) is 23.6. The number of aldehydes is 1. The zero-order valence-corrected chi connectivity index (χ0v) is 30.0. The van der Waals surface area contributed by atoms with E-state index in [2.05, 4.69) is 90.8 Å². The Balaban J connectivity index is 0.000000765. The summed E-state index contributed by atoms with van der Waals surface area (Å²) in [5.74, 6) is 2.03. The lowest BCUT2D eigenvalue weighted by atomic mass is 9.91. The van der Waals surface area contributed by atoms with E-state index in [9.17, 15) is 0 Å². The van der Waals surface area contributed by atoms with Gasteiger partial charge in [0.05, 0.1) is 12.2 Å². The molecule has 4 heterocycles. The lowest BCUT2D eigenvalue weighted by Gasteiger charge is -2.33. The summed E-state index contributed by atoms with van der Waals surface area (Å²) in [6, 6.07) is 17.4. The van der Waals surface area contributed by atoms with Gasteiger partial charge >= 0.3 is 0 Å². The summed E-state index contributed by atoms with van der Waals surface area (Å²) in [6.07, 6.45) is 4.20. The van der Waals surface area contributed by atoms with Crippen LogP contribution >= 0.6 is 0 Å². The number of likely N-dealkylation sites (tertiary alicyclic amines) is 1. The molecular weight excluding hydrogens is 568 g/mol. The van der Waals surface area contributed by atoms with Gasteiger partial charge in [-0.3, -0.25) is 9.67 Å². The van der Waals surface area contributed by atoms with Gasteiger partial charge in [0.2, 0.25) is 0 Å². The van der Waals surface area contributed by atoms with Gasteiger partial charge in [-0.25, -0.2) is 4.99 Å². The number of carbonyl (C=O) groups excluding carboxylic acids is 1. The minimum absolute atomic E-state index is 0.552. The Labute approximate surface area is 278 Å². The van der Waals surface area contributed by atoms with Crippen LogP contribution in [0.3, 0.4) is 0 Å². The van der Waals surface area contributed by atoms with Crippen molar-refractivity contribution in [1.82, 2.24) is 19.6 Å². The highest BCUT2D eigenvalue weighted by atomic mass is 16.1. The van der Waals surface area contributed by atoms with Crippen LogP contribution < -0.4 is 0 Å². The average Bonchev–Trinajstić information content (AvgIpc) is 3.70. The molecule has 0 spiro atoms. The van der Waals surface area contributed by atoms with Crippen molar-refractivity contribution in [2.75, 3.05) is 39.8 Å². The third kappa shape index (κ3) is 9.79. The number of hydrogen-bond donors (Lipinski definition) is 0. The second-order valence-corrected chi connectivity index (χ2v) is 12.3. The van der Waals surface area contributed by atoms with Gasteiger partial charge in [-0.05, 0) is 59.7 Å². The van der Waals surface area contributed by atoms with E-state index in [-0.39, 0.29) is 0 Å². The maximum Gasteiger partial charge on any atom is 0.154 e. The van der Waals surface area contributed by atoms with Crippen molar-refractivity contribution in [1.29, 1.82) is 0 Å². The second-order valence-electron chi connectivity index (χ2n) is 12.3. The summed E-state index contributed by atoms with van der Waals surface area (Å²) >= 11 is 0. The van der Waals surface area contributed by atoms with Crippen LogP contribution in [0, 0.1) is 25.7 Å². The molecule has 2 aromatic carbocycles. The van der Waals surface area contributed by atoms with E-state index in [1.807, 2.05) is 27.7 Å². The Kier molecular flexibility index (Phi) is 15.0. The molecule has 0 saturated carbocycles. The van der Waals surface area contributed by atoms with Gasteiger partial charge in [-0.1, -0.05) is 94.3 Å². The van der Waals surface area contributed by atoms with E-state index in [4.69, 9.17) is 19.9 Å². The van der Waals surface area contributed by atoms with Gasteiger partial charge in [0.25, 0.3) is 0 Å². The number of aliphatic imine (C=N–C) groups is 2. The molecule has 3 aromatic rings. The molecule has 0 aliphatic carbocycles. The molecule has 1 atom stereocenters. The van der Waals surface area contributed by atoms with Gasteiger partial charge in [-0.15, -0.1) is 0 Å². The molecule has 1 fully saturated rings. The van der Waals surface area contributed by atoms with E-state index < -0.39 is 0 Å². The topological polar surface area (TPSA) is 66.1 Å². The number of aryl methyl sites for hydroxylation is 2. The quantitative estimate of drug-likeness (QED) is 0.253. The number of rotatable bonds is 7. The molecule has 6 rings (SSSR count). The Bertz CT molecular complexity index is 1410. The molecule has 7 heteroatoms. The summed E-state index contributed by atoms with van der Waals surface area (Å²) in [6.45, 7) is 23.4. The van der Waals surface area contributed by atoms with Crippen LogP contribution in [0.5, 0.6) is 0 Å². The van der Waals surface area contributed by atoms with Crippen molar-refractivity contribution in [3.05, 3.63) is 76.5 Å². The molecule has 7 nitrogen and oxygen atoms in total. The first kappa shape index (κ1) is 37.0. The highest BCUT2D eigenvalue weighted by Gasteiger charge is 2.28. The Morgan fingerprint density at radius 3 is 2.02 bits per heavy atom. The van der Waals surface area contributed by atoms with Gasteiger partial charge in [0, 0.05) is 66.6 Å². The van der Waals surface area contributed by atoms with Crippen LogP contribution in [0.4, 0.5) is 0 Å². The Morgan fingerprint density at radius 2 is 1.43 bits per heavy atom. The molecule has 0 radical (unpaired) electrons. The van der Waals surface area contributed by atoms with Gasteiger partial charge < -0.3 is 14.6 Å². The van der Waals surface area contributed by atoms with Gasteiger partial charge in [0.1, 0.15) is 6.29 Å². The summed E-state index contributed by atoms with van der Waals surface area (Å²) in [5, 5.41) is 5.20. The fraction of sp³-hybridized carbons (Fsp3) is 0.538. The molecule has 0 N–H and O–H groups in total. The lowest BCUT2D eigenvalue weighted by Crippen LogP contribution is -2.39. The number of carbonyl (C=O) groups is 1. The van der Waals surface area contributed by atoms with Crippen LogP contribution in [-0.2, 0) is 24.3 Å². The molecule has 3 aliphatic heterocycles. The third-order valence-corrected chi connectivity index (χ3v) is 8.71. The normalized spacial score (nSPS) is 17.2. The van der Waals surface area contributed by atoms with Crippen LogP contribution in [0.15, 0.2) is 58.5 Å². The molecule has 0 bridgehead atoms. The first-order chi connectivity index (χ1) is 22.3. The van der Waals surface area contributed by atoms with Crippen LogP contribution in [0.1, 0.15) is 82.3 Å². The SMILES string of the molecule is CC.CC.CC=O.Cc1ccc(C2=NCC(C3CCN(CC(C)Cn4nc(-c5ccc(C)cc5)c5c4CCN(C)C5)CC3)=N2)cc1. The first-order valence-electron chi connectivity index (χ1n) is 17.5. The summed E-state index contributed by atoms with van der Waals surface area (Å²) < 4.78 is 2.34. The van der Waals surface area contributed by atoms with E-state index >= 15 is 0 Å². The van der Waals surface area contributed by atoms with Crippen molar-refractivity contribution in [2.45, 2.75) is 87.7 Å². The largest absolute Gasteiger partial charge is 0.304 e. The lowest BCUT2D eigenvalue weighted by molar-refractivity contribution is -0.106. The predicted molar refractivity (Wildman–Crippen MR) is 195 cm³/mol. The number of benzene rings is 2. The molecule has 46 heavy (non-hydrogen) atoms. The monoisotopic (exact) mass is 626 g/mol. The number of amidine groups is 1. The number of likely N-dealkylation sites (N-methyl/N-ethyl adjacent to an activating group) is 1. The fourth-order valence-corrected chi connectivity index (χ4v) is 6.40. The number of nitrogens with zero attached hydrogens (tertiary/aromatic N) is 6. The standard InChI is InChI=1S/C33H42N6.C2H4O.2C2H6/c1-23-5-9-27(10-6-23)32-29-22-37(4)16-15-31(29)39(36-32)21-25(3)20-38-17-13-26(14-18-38)30-19-34-33(35-30)28-11-7-24(2)8-12-28;1-2-3;2*1-2/h5-12,25-26H,13-22H2,1-4H3;2H,1H3;2*1-2H3. The molecule has 1 aromatic heterocycles. The van der Waals surface area contributed by atoms with E-state index in [1.54, 1.807) is 0 Å². The molecule has 1 saturated heterocycles. The Hall–Kier alpha value is -3.42. The van der Waals surface area contributed by atoms with Crippen LogP contribution in [0.2, 0.25) is 0 Å². The molecule has 3 aliphatic rings. The van der Waals surface area contributed by atoms with E-state index in [0.29, 0.717) is 11.8 Å². The zero-order valence-electron chi connectivity index (χ0n) is 30.0. The second kappa shape index (κ2) is 18.7. The van der Waals surface area contributed by atoms with Crippen molar-refractivity contribution in [3.63, 3.8) is 0 Å². The zero-order chi connectivity index (χ0) is 33.6. The van der Waals surface area contributed by atoms with Crippen LogP contribution in [-0.4, -0.2) is 77.2 Å². The minimum Gasteiger partial charge on any atom is -0.304 e. The van der Waals surface area contributed by atoms with Crippen molar-refractivity contribution < 1.29 is 4.79 Å². The molecule has 1 unspecified atom stereocenters. The number of fused-ring (bicyclic) bond motifs is 1. The predicted octanol–water partition coefficient (Wildman–Crippen LogP) is 7.66. The van der Waals surface area contributed by atoms with Gasteiger partial charge in [0.15, 0.2) is 5.84 Å². The number of piperidine rings is 1. The van der Waals surface area contributed by atoms with Crippen molar-refractivity contribution in [2.24, 2.45) is 21.8 Å². The Morgan fingerprint density at radius 1 is 0.870 bits per heavy atom. The highest BCUT2D eigenvalue weighted by molar-refractivity contribution is 6.12. The molecule has 250 valence electrons. The van der Waals surface area contributed by atoms with E-state index in [1.165, 1.54) is 59.1 Å². The first-order valence-corrected chi connectivity index (χ1v) is 17.5. The van der Waals surface area contributed by atoms with E-state index in [0.717, 1.165) is 69.9 Å². The smallest absolute Gasteiger partial charge is 0.154 e. The number of hydrogen-bond acceptors (Lipinski definition) is 6. The minimum atomic E-state index is 0.552. The summed E-state index contributed by atoms with van der Waals surface area (Å²) in [5.41, 5.74) is 10.3. The van der Waals surface area contributed by atoms with Crippen molar-refractivity contribution >= 4 is 17.8 Å². The maximum absolute atomic E-state index is 8.81. The third-order valence-electron chi connectivity index (χ3n) is 8.71. The average molecular weight is 627 g/mol. The highest BCUT2D eigenvalue weighted by Crippen LogP contribution is 2.31. The van der Waals surface area contributed by atoms with Gasteiger partial charge in [-0.2, -0.15) is 5.10 Å². The summed E-state index contributed by atoms with van der Waals surface area (Å²) in [7, 11) is 2.22. The molecular formula is C39H58N6O. The molecule has 0 amide bonds. The maximum atomic E-state index is 8.81. The van der Waals surface area contributed by atoms with Crippen molar-refractivity contribution in [3.8, 4) is 11.3 Å². The number of aromatic nitrogens is 2. The van der Waals surface area contributed by atoms with Crippen LogP contribution in [0.25, 0.3) is 11.3 Å². The fourth-order valence-electron chi connectivity index (χ4n) is 6.40.